The summed E-state index contributed by atoms with van der Waals surface area (Å²) in [6.45, 7) is 8.58. The SMILES string of the molecule is CC(C)Cc1ccc(C(=O)OC[C@H](OC(=O)c2ccc(CC(C)C)cc2)c2ccccc2)cc1. The fourth-order valence-electron chi connectivity index (χ4n) is 3.79. The molecule has 0 unspecified atom stereocenters. The minimum Gasteiger partial charge on any atom is -0.458 e. The second-order valence-corrected chi connectivity index (χ2v) is 9.49. The lowest BCUT2D eigenvalue weighted by Gasteiger charge is -2.19. The zero-order valence-corrected chi connectivity index (χ0v) is 20.5. The second kappa shape index (κ2) is 12.2. The van der Waals surface area contributed by atoms with E-state index in [1.165, 1.54) is 11.1 Å². The molecule has 3 aromatic rings. The standard InChI is InChI=1S/C30H34O4/c1-21(2)18-23-10-14-26(15-11-23)29(31)33-20-28(25-8-6-5-7-9-25)34-30(32)27-16-12-24(13-17-27)19-22(3)4/h5-17,21-22,28H,18-20H2,1-4H3/t28-/m0/s1. The lowest BCUT2D eigenvalue weighted by Crippen LogP contribution is -2.19. The summed E-state index contributed by atoms with van der Waals surface area (Å²) < 4.78 is 11.3. The molecule has 0 aliphatic carbocycles. The third-order valence-electron chi connectivity index (χ3n) is 5.45. The highest BCUT2D eigenvalue weighted by Crippen LogP contribution is 2.21. The molecule has 0 fully saturated rings. The second-order valence-electron chi connectivity index (χ2n) is 9.49. The van der Waals surface area contributed by atoms with Gasteiger partial charge in [0.05, 0.1) is 11.1 Å². The van der Waals surface area contributed by atoms with Gasteiger partial charge in [0.15, 0.2) is 6.10 Å². The molecule has 4 nitrogen and oxygen atoms in total. The maximum atomic E-state index is 12.8. The molecule has 0 amide bonds. The smallest absolute Gasteiger partial charge is 0.338 e. The quantitative estimate of drug-likeness (QED) is 0.312. The van der Waals surface area contributed by atoms with E-state index >= 15 is 0 Å². The Balaban J connectivity index is 1.67. The van der Waals surface area contributed by atoms with Crippen LogP contribution in [-0.4, -0.2) is 18.5 Å². The number of hydrogen-bond acceptors (Lipinski definition) is 4. The van der Waals surface area contributed by atoms with Gasteiger partial charge in [0.1, 0.15) is 6.61 Å². The third-order valence-corrected chi connectivity index (χ3v) is 5.45. The van der Waals surface area contributed by atoms with Crippen LogP contribution in [0.4, 0.5) is 0 Å². The van der Waals surface area contributed by atoms with Crippen molar-refractivity contribution in [2.75, 3.05) is 6.61 Å². The summed E-state index contributed by atoms with van der Waals surface area (Å²) in [5.74, 6) is 0.206. The van der Waals surface area contributed by atoms with Gasteiger partial charge in [0, 0.05) is 0 Å². The van der Waals surface area contributed by atoms with E-state index in [0.717, 1.165) is 18.4 Å². The van der Waals surface area contributed by atoms with Gasteiger partial charge in [0.2, 0.25) is 0 Å². The average Bonchev–Trinajstić information content (AvgIpc) is 2.82. The summed E-state index contributed by atoms with van der Waals surface area (Å²) in [6, 6.07) is 24.3. The van der Waals surface area contributed by atoms with Gasteiger partial charge in [-0.15, -0.1) is 0 Å². The van der Waals surface area contributed by atoms with E-state index in [1.54, 1.807) is 24.3 Å². The van der Waals surface area contributed by atoms with Crippen molar-refractivity contribution in [1.82, 2.24) is 0 Å². The maximum Gasteiger partial charge on any atom is 0.338 e. The molecule has 0 saturated carbocycles. The summed E-state index contributed by atoms with van der Waals surface area (Å²) in [7, 11) is 0. The maximum absolute atomic E-state index is 12.8. The number of esters is 2. The van der Waals surface area contributed by atoms with Gasteiger partial charge < -0.3 is 9.47 Å². The Morgan fingerprint density at radius 1 is 0.647 bits per heavy atom. The van der Waals surface area contributed by atoms with Crippen molar-refractivity contribution in [3.63, 3.8) is 0 Å². The highest BCUT2D eigenvalue weighted by atomic mass is 16.6. The summed E-state index contributed by atoms with van der Waals surface area (Å²) in [4.78, 5) is 25.5. The van der Waals surface area contributed by atoms with Crippen molar-refractivity contribution in [3.8, 4) is 0 Å². The molecule has 0 aliphatic rings. The average molecular weight is 459 g/mol. The molecule has 0 bridgehead atoms. The molecule has 0 aromatic heterocycles. The van der Waals surface area contributed by atoms with Gasteiger partial charge in [-0.25, -0.2) is 9.59 Å². The normalized spacial score (nSPS) is 11.9. The van der Waals surface area contributed by atoms with Crippen molar-refractivity contribution in [3.05, 3.63) is 107 Å². The van der Waals surface area contributed by atoms with Crippen molar-refractivity contribution < 1.29 is 19.1 Å². The summed E-state index contributed by atoms with van der Waals surface area (Å²) >= 11 is 0. The van der Waals surface area contributed by atoms with E-state index in [9.17, 15) is 9.59 Å². The highest BCUT2D eigenvalue weighted by Gasteiger charge is 2.21. The lowest BCUT2D eigenvalue weighted by molar-refractivity contribution is -0.00133. The molecule has 178 valence electrons. The predicted molar refractivity (Wildman–Crippen MR) is 135 cm³/mol. The summed E-state index contributed by atoms with van der Waals surface area (Å²) in [5, 5.41) is 0. The van der Waals surface area contributed by atoms with Crippen LogP contribution in [0, 0.1) is 11.8 Å². The van der Waals surface area contributed by atoms with Crippen molar-refractivity contribution in [1.29, 1.82) is 0 Å². The Hall–Kier alpha value is -3.40. The lowest BCUT2D eigenvalue weighted by atomic mass is 10.0. The molecule has 0 spiro atoms. The zero-order chi connectivity index (χ0) is 24.5. The Labute approximate surface area is 202 Å². The van der Waals surface area contributed by atoms with E-state index in [2.05, 4.69) is 27.7 Å². The minimum absolute atomic E-state index is 0.0617. The van der Waals surface area contributed by atoms with E-state index in [1.807, 2.05) is 54.6 Å². The van der Waals surface area contributed by atoms with Crippen molar-refractivity contribution in [2.24, 2.45) is 11.8 Å². The number of hydrogen-bond donors (Lipinski definition) is 0. The largest absolute Gasteiger partial charge is 0.458 e. The first-order valence-corrected chi connectivity index (χ1v) is 11.9. The van der Waals surface area contributed by atoms with Crippen LogP contribution in [0.25, 0.3) is 0 Å². The number of carbonyl (C=O) groups excluding carboxylic acids is 2. The number of ether oxygens (including phenoxy) is 2. The molecule has 1 atom stereocenters. The van der Waals surface area contributed by atoms with Gasteiger partial charge in [-0.1, -0.05) is 82.3 Å². The molecule has 3 rings (SSSR count). The summed E-state index contributed by atoms with van der Waals surface area (Å²) in [6.07, 6.45) is 1.21. The predicted octanol–water partition coefficient (Wildman–Crippen LogP) is 6.84. The number of rotatable bonds is 10. The number of carbonyl (C=O) groups is 2. The van der Waals surface area contributed by atoms with Crippen LogP contribution in [0.3, 0.4) is 0 Å². The highest BCUT2D eigenvalue weighted by molar-refractivity contribution is 5.90. The molecular weight excluding hydrogens is 424 g/mol. The molecular formula is C30H34O4. The van der Waals surface area contributed by atoms with E-state index in [-0.39, 0.29) is 6.61 Å². The molecule has 0 aliphatic heterocycles. The van der Waals surface area contributed by atoms with Gasteiger partial charge in [0.25, 0.3) is 0 Å². The van der Waals surface area contributed by atoms with Crippen LogP contribution >= 0.6 is 0 Å². The van der Waals surface area contributed by atoms with Crippen LogP contribution in [0.1, 0.15) is 71.2 Å². The van der Waals surface area contributed by atoms with E-state index in [0.29, 0.717) is 23.0 Å². The molecule has 0 saturated heterocycles. The van der Waals surface area contributed by atoms with Crippen LogP contribution in [0.2, 0.25) is 0 Å². The van der Waals surface area contributed by atoms with Gasteiger partial charge >= 0.3 is 11.9 Å². The minimum atomic E-state index is -0.701. The molecule has 0 N–H and O–H groups in total. The van der Waals surface area contributed by atoms with Crippen molar-refractivity contribution in [2.45, 2.75) is 46.6 Å². The van der Waals surface area contributed by atoms with Crippen LogP contribution in [0.15, 0.2) is 78.9 Å². The first-order valence-electron chi connectivity index (χ1n) is 11.9. The van der Waals surface area contributed by atoms with Gasteiger partial charge in [-0.2, -0.15) is 0 Å². The van der Waals surface area contributed by atoms with Crippen LogP contribution in [0.5, 0.6) is 0 Å². The van der Waals surface area contributed by atoms with Crippen LogP contribution < -0.4 is 0 Å². The van der Waals surface area contributed by atoms with Gasteiger partial charge in [-0.3, -0.25) is 0 Å². The molecule has 3 aromatic carbocycles. The topological polar surface area (TPSA) is 52.6 Å². The third kappa shape index (κ3) is 7.58. The first kappa shape index (κ1) is 25.2. The Bertz CT molecular complexity index is 1050. The van der Waals surface area contributed by atoms with Crippen molar-refractivity contribution >= 4 is 11.9 Å². The Morgan fingerprint density at radius 2 is 1.12 bits per heavy atom. The van der Waals surface area contributed by atoms with E-state index < -0.39 is 18.0 Å². The summed E-state index contributed by atoms with van der Waals surface area (Å²) in [5.41, 5.74) is 4.08. The Morgan fingerprint density at radius 3 is 1.59 bits per heavy atom. The fourth-order valence-corrected chi connectivity index (χ4v) is 3.79. The molecule has 4 heteroatoms. The van der Waals surface area contributed by atoms with Crippen LogP contribution in [-0.2, 0) is 22.3 Å². The monoisotopic (exact) mass is 458 g/mol. The number of benzene rings is 3. The molecule has 34 heavy (non-hydrogen) atoms. The first-order chi connectivity index (χ1) is 16.3. The fraction of sp³-hybridized carbons (Fsp3) is 0.333. The molecule has 0 radical (unpaired) electrons. The van der Waals surface area contributed by atoms with Gasteiger partial charge in [-0.05, 0) is 65.6 Å². The molecule has 0 heterocycles. The Kier molecular flexibility index (Phi) is 9.03. The van der Waals surface area contributed by atoms with E-state index in [4.69, 9.17) is 9.47 Å². The zero-order valence-electron chi connectivity index (χ0n) is 20.5.